The molecule has 156 valence electrons. The first-order valence-corrected chi connectivity index (χ1v) is 11.2. The predicted molar refractivity (Wildman–Crippen MR) is 119 cm³/mol. The summed E-state index contributed by atoms with van der Waals surface area (Å²) in [5, 5.41) is 5.05. The van der Waals surface area contributed by atoms with Gasteiger partial charge in [0.2, 0.25) is 5.91 Å². The van der Waals surface area contributed by atoms with Gasteiger partial charge in [-0.1, -0.05) is 13.8 Å². The first-order chi connectivity index (χ1) is 14.1. The molecule has 0 atom stereocenters. The molecule has 1 aromatic carbocycles. The van der Waals surface area contributed by atoms with Gasteiger partial charge in [-0.3, -0.25) is 9.20 Å². The van der Waals surface area contributed by atoms with E-state index in [9.17, 15) is 4.79 Å². The van der Waals surface area contributed by atoms with Crippen LogP contribution in [0.1, 0.15) is 32.9 Å². The molecule has 2 heterocycles. The first kappa shape index (κ1) is 21.3. The molecule has 0 radical (unpaired) electrons. The average Bonchev–Trinajstić information content (AvgIpc) is 3.31. The zero-order chi connectivity index (χ0) is 20.6. The molecule has 1 N–H and O–H groups in total. The number of nitrogens with zero attached hydrogens (tertiary/aromatic N) is 3. The Labute approximate surface area is 176 Å². The number of benzene rings is 1. The Hall–Kier alpha value is -2.38. The molecule has 0 unspecified atom stereocenters. The molecule has 29 heavy (non-hydrogen) atoms. The normalized spacial score (nSPS) is 11.3. The topological polar surface area (TPSA) is 58.9 Å². The predicted octanol–water partition coefficient (Wildman–Crippen LogP) is 3.85. The van der Waals surface area contributed by atoms with Gasteiger partial charge in [-0.05, 0) is 57.2 Å². The fourth-order valence-corrected chi connectivity index (χ4v) is 4.15. The summed E-state index contributed by atoms with van der Waals surface area (Å²) >= 11 is 1.56. The number of carbonyl (C=O) groups excluding carboxylic acids is 1. The van der Waals surface area contributed by atoms with Crippen LogP contribution in [-0.4, -0.2) is 53.0 Å². The van der Waals surface area contributed by atoms with Crippen LogP contribution in [0, 0.1) is 0 Å². The van der Waals surface area contributed by atoms with Crippen molar-refractivity contribution in [3.63, 3.8) is 0 Å². The van der Waals surface area contributed by atoms with Gasteiger partial charge in [0.1, 0.15) is 5.75 Å². The van der Waals surface area contributed by atoms with Crippen molar-refractivity contribution < 1.29 is 9.53 Å². The van der Waals surface area contributed by atoms with Gasteiger partial charge < -0.3 is 15.0 Å². The van der Waals surface area contributed by atoms with Crippen LogP contribution in [-0.2, 0) is 11.2 Å². The second-order valence-corrected chi connectivity index (χ2v) is 7.71. The molecule has 3 aromatic rings. The molecule has 2 aromatic heterocycles. The van der Waals surface area contributed by atoms with Crippen LogP contribution in [0.4, 0.5) is 0 Å². The number of ether oxygens (including phenoxy) is 1. The lowest BCUT2D eigenvalue weighted by Crippen LogP contribution is -2.30. The summed E-state index contributed by atoms with van der Waals surface area (Å²) in [5.41, 5.74) is 2.91. The van der Waals surface area contributed by atoms with Crippen LogP contribution >= 0.6 is 11.3 Å². The van der Waals surface area contributed by atoms with E-state index in [0.717, 1.165) is 53.7 Å². The maximum atomic E-state index is 12.3. The third-order valence-electron chi connectivity index (χ3n) is 4.95. The van der Waals surface area contributed by atoms with Crippen molar-refractivity contribution in [1.82, 2.24) is 19.6 Å². The van der Waals surface area contributed by atoms with Gasteiger partial charge >= 0.3 is 0 Å². The molecule has 3 rings (SSSR count). The van der Waals surface area contributed by atoms with Crippen LogP contribution in [0.15, 0.2) is 35.8 Å². The van der Waals surface area contributed by atoms with Crippen molar-refractivity contribution in [2.24, 2.45) is 0 Å². The molecule has 0 bridgehead atoms. The number of fused-ring (bicyclic) bond motifs is 1. The molecule has 0 saturated heterocycles. The van der Waals surface area contributed by atoms with Gasteiger partial charge in [0.05, 0.1) is 18.7 Å². The van der Waals surface area contributed by atoms with Crippen LogP contribution in [0.5, 0.6) is 5.75 Å². The van der Waals surface area contributed by atoms with Crippen LogP contribution in [0.2, 0.25) is 0 Å². The van der Waals surface area contributed by atoms with Gasteiger partial charge in [-0.25, -0.2) is 4.98 Å². The highest BCUT2D eigenvalue weighted by atomic mass is 32.1. The van der Waals surface area contributed by atoms with E-state index in [2.05, 4.69) is 24.1 Å². The van der Waals surface area contributed by atoms with Crippen molar-refractivity contribution in [1.29, 1.82) is 0 Å². The third kappa shape index (κ3) is 5.58. The number of carbonyl (C=O) groups is 1. The molecule has 0 aliphatic carbocycles. The monoisotopic (exact) mass is 414 g/mol. The Kier molecular flexibility index (Phi) is 7.66. The maximum Gasteiger partial charge on any atom is 0.225 e. The van der Waals surface area contributed by atoms with Gasteiger partial charge in [0, 0.05) is 29.4 Å². The summed E-state index contributed by atoms with van der Waals surface area (Å²) in [5.74, 6) is 0.913. The summed E-state index contributed by atoms with van der Waals surface area (Å²) in [4.78, 5) is 20.3. The van der Waals surface area contributed by atoms with E-state index in [0.29, 0.717) is 19.6 Å². The van der Waals surface area contributed by atoms with E-state index < -0.39 is 0 Å². The van der Waals surface area contributed by atoms with Gasteiger partial charge in [-0.2, -0.15) is 0 Å². The Morgan fingerprint density at radius 2 is 1.97 bits per heavy atom. The fourth-order valence-electron chi connectivity index (χ4n) is 3.28. The van der Waals surface area contributed by atoms with Crippen molar-refractivity contribution in [2.45, 2.75) is 33.6 Å². The minimum Gasteiger partial charge on any atom is -0.494 e. The molecule has 0 saturated carbocycles. The number of nitrogens with one attached hydrogen (secondary N) is 1. The highest BCUT2D eigenvalue weighted by molar-refractivity contribution is 7.15. The number of hydrogen-bond donors (Lipinski definition) is 1. The average molecular weight is 415 g/mol. The Morgan fingerprint density at radius 3 is 2.66 bits per heavy atom. The first-order valence-electron chi connectivity index (χ1n) is 10.3. The zero-order valence-corrected chi connectivity index (χ0v) is 18.3. The number of imidazole rings is 1. The van der Waals surface area contributed by atoms with Crippen LogP contribution < -0.4 is 10.1 Å². The molecule has 0 aliphatic heterocycles. The lowest BCUT2D eigenvalue weighted by molar-refractivity contribution is -0.120. The molecule has 7 heteroatoms. The SMILES string of the molecule is CCOc1ccc(-c2cn3c(CC(=O)NCCCN(CC)CC)csc3n2)cc1. The second-order valence-electron chi connectivity index (χ2n) is 6.87. The van der Waals surface area contributed by atoms with Crippen molar-refractivity contribution in [2.75, 3.05) is 32.8 Å². The van der Waals surface area contributed by atoms with Crippen molar-refractivity contribution in [3.05, 3.63) is 41.5 Å². The summed E-state index contributed by atoms with van der Waals surface area (Å²) in [6.07, 6.45) is 3.34. The molecule has 0 fully saturated rings. The standard InChI is InChI=1S/C22H30N4O2S/c1-4-25(5-2)13-7-12-23-21(27)14-18-16-29-22-24-20(15-26(18)22)17-8-10-19(11-9-17)28-6-3/h8-11,15-16H,4-7,12-14H2,1-3H3,(H,23,27). The number of rotatable bonds is 11. The molecule has 6 nitrogen and oxygen atoms in total. The van der Waals surface area contributed by atoms with E-state index >= 15 is 0 Å². The lowest BCUT2D eigenvalue weighted by atomic mass is 10.1. The van der Waals surface area contributed by atoms with E-state index in [1.807, 2.05) is 47.2 Å². The third-order valence-corrected chi connectivity index (χ3v) is 5.84. The van der Waals surface area contributed by atoms with E-state index in [1.165, 1.54) is 0 Å². The van der Waals surface area contributed by atoms with E-state index in [-0.39, 0.29) is 5.91 Å². The molecular formula is C22H30N4O2S. The van der Waals surface area contributed by atoms with Gasteiger partial charge in [0.25, 0.3) is 0 Å². The molecule has 0 aliphatic rings. The maximum absolute atomic E-state index is 12.3. The van der Waals surface area contributed by atoms with E-state index in [4.69, 9.17) is 9.72 Å². The quantitative estimate of drug-likeness (QED) is 0.484. The Balaban J connectivity index is 1.58. The zero-order valence-electron chi connectivity index (χ0n) is 17.5. The van der Waals surface area contributed by atoms with Crippen molar-refractivity contribution >= 4 is 22.2 Å². The Bertz CT molecular complexity index is 913. The van der Waals surface area contributed by atoms with Crippen molar-refractivity contribution in [3.8, 4) is 17.0 Å². The summed E-state index contributed by atoms with van der Waals surface area (Å²) in [7, 11) is 0. The largest absolute Gasteiger partial charge is 0.494 e. The fraction of sp³-hybridized carbons (Fsp3) is 0.455. The highest BCUT2D eigenvalue weighted by Crippen LogP contribution is 2.25. The lowest BCUT2D eigenvalue weighted by Gasteiger charge is -2.17. The minimum absolute atomic E-state index is 0.0561. The smallest absolute Gasteiger partial charge is 0.225 e. The summed E-state index contributed by atoms with van der Waals surface area (Å²) in [6.45, 7) is 10.8. The van der Waals surface area contributed by atoms with E-state index in [1.54, 1.807) is 11.3 Å². The number of hydrogen-bond acceptors (Lipinski definition) is 5. The molecular weight excluding hydrogens is 384 g/mol. The summed E-state index contributed by atoms with van der Waals surface area (Å²) < 4.78 is 7.52. The second kappa shape index (κ2) is 10.4. The number of aromatic nitrogens is 2. The Morgan fingerprint density at radius 1 is 1.21 bits per heavy atom. The molecule has 1 amide bonds. The highest BCUT2D eigenvalue weighted by Gasteiger charge is 2.12. The summed E-state index contributed by atoms with van der Waals surface area (Å²) in [6, 6.07) is 7.94. The number of thiazole rings is 1. The van der Waals surface area contributed by atoms with Crippen LogP contribution in [0.3, 0.4) is 0 Å². The minimum atomic E-state index is 0.0561. The van der Waals surface area contributed by atoms with Gasteiger partial charge in [0.15, 0.2) is 4.96 Å². The molecule has 0 spiro atoms. The van der Waals surface area contributed by atoms with Crippen LogP contribution in [0.25, 0.3) is 16.2 Å². The van der Waals surface area contributed by atoms with Gasteiger partial charge in [-0.15, -0.1) is 11.3 Å². The number of amides is 1.